The van der Waals surface area contributed by atoms with Crippen molar-refractivity contribution in [2.24, 2.45) is 0 Å². The van der Waals surface area contributed by atoms with E-state index in [1.807, 2.05) is 26.0 Å². The topological polar surface area (TPSA) is 72.0 Å². The van der Waals surface area contributed by atoms with Crippen LogP contribution in [0.1, 0.15) is 36.1 Å². The van der Waals surface area contributed by atoms with E-state index in [9.17, 15) is 9.59 Å². The van der Waals surface area contributed by atoms with Crippen molar-refractivity contribution in [1.82, 2.24) is 14.8 Å². The fourth-order valence-electron chi connectivity index (χ4n) is 3.38. The molecule has 2 aliphatic heterocycles. The van der Waals surface area contributed by atoms with Gasteiger partial charge in [0.05, 0.1) is 5.56 Å². The van der Waals surface area contributed by atoms with E-state index in [2.05, 4.69) is 15.8 Å². The molecule has 3 heterocycles. The number of fused-ring (bicyclic) bond motifs is 2. The van der Waals surface area contributed by atoms with E-state index in [1.54, 1.807) is 0 Å². The van der Waals surface area contributed by atoms with Crippen molar-refractivity contribution in [2.75, 3.05) is 27.7 Å². The van der Waals surface area contributed by atoms with Gasteiger partial charge in [-0.25, -0.2) is 14.6 Å². The zero-order valence-electron chi connectivity index (χ0n) is 15.1. The predicted molar refractivity (Wildman–Crippen MR) is 94.5 cm³/mol. The van der Waals surface area contributed by atoms with Gasteiger partial charge in [-0.3, -0.25) is 9.80 Å². The lowest BCUT2D eigenvalue weighted by molar-refractivity contribution is -0.131. The number of ether oxygens (including phenoxy) is 2. The third-order valence-electron chi connectivity index (χ3n) is 4.64. The van der Waals surface area contributed by atoms with Crippen molar-refractivity contribution in [2.45, 2.75) is 24.9 Å². The zero-order valence-corrected chi connectivity index (χ0v) is 15.1. The van der Waals surface area contributed by atoms with Crippen LogP contribution in [0.3, 0.4) is 0 Å². The van der Waals surface area contributed by atoms with Gasteiger partial charge in [-0.1, -0.05) is 5.92 Å². The van der Waals surface area contributed by atoms with E-state index in [4.69, 9.17) is 15.9 Å². The van der Waals surface area contributed by atoms with E-state index >= 15 is 0 Å². The van der Waals surface area contributed by atoms with Gasteiger partial charge in [-0.2, -0.15) is 0 Å². The number of hydrogen-bond donors (Lipinski definition) is 0. The molecule has 0 radical (unpaired) electrons. The minimum absolute atomic E-state index is 0.0771. The van der Waals surface area contributed by atoms with Gasteiger partial charge < -0.3 is 9.47 Å². The number of terminal acetylenes is 1. The molecule has 0 aliphatic carbocycles. The fourth-order valence-corrected chi connectivity index (χ4v) is 3.38. The highest BCUT2D eigenvalue weighted by Crippen LogP contribution is 2.44. The molecule has 0 spiro atoms. The monoisotopic (exact) mass is 355 g/mol. The molecule has 0 aromatic carbocycles. The second-order valence-corrected chi connectivity index (χ2v) is 6.61. The summed E-state index contributed by atoms with van der Waals surface area (Å²) in [4.78, 5) is 32.5. The molecule has 136 valence electrons. The number of carbonyl (C=O) groups is 2. The van der Waals surface area contributed by atoms with Crippen LogP contribution in [-0.2, 0) is 9.59 Å². The standard InChI is InChI=1S/C19H21N3O4/c1-5-13(21(2)3)12-11-20-19-17(14-7-6-10-22(14)4)18(12)25-15(23)8-9-16(24)26-19/h1,8-9,11,13-14H,6-7,10H2,2-4H3/b9-8+. The highest BCUT2D eigenvalue weighted by Gasteiger charge is 2.34. The Hall–Kier alpha value is -2.69. The Labute approximate surface area is 152 Å². The first-order valence-corrected chi connectivity index (χ1v) is 8.39. The third kappa shape index (κ3) is 3.34. The van der Waals surface area contributed by atoms with Gasteiger partial charge in [0.1, 0.15) is 11.8 Å². The fraction of sp³-hybridized carbons (Fsp3) is 0.421. The van der Waals surface area contributed by atoms with Crippen LogP contribution in [0.4, 0.5) is 0 Å². The van der Waals surface area contributed by atoms with Crippen LogP contribution in [0.25, 0.3) is 0 Å². The molecule has 2 atom stereocenters. The third-order valence-corrected chi connectivity index (χ3v) is 4.64. The summed E-state index contributed by atoms with van der Waals surface area (Å²) in [5.41, 5.74) is 1.19. The molecule has 0 N–H and O–H groups in total. The van der Waals surface area contributed by atoms with Crippen LogP contribution < -0.4 is 9.47 Å². The highest BCUT2D eigenvalue weighted by atomic mass is 16.6. The number of likely N-dealkylation sites (tertiary alicyclic amines) is 1. The van der Waals surface area contributed by atoms with E-state index in [0.29, 0.717) is 16.9 Å². The average Bonchev–Trinajstić information content (AvgIpc) is 3.01. The lowest BCUT2D eigenvalue weighted by Gasteiger charge is -2.27. The van der Waals surface area contributed by atoms with Gasteiger partial charge >= 0.3 is 11.9 Å². The summed E-state index contributed by atoms with van der Waals surface area (Å²) in [6.07, 6.45) is 11.1. The Balaban J connectivity index is 2.25. The summed E-state index contributed by atoms with van der Waals surface area (Å²) in [6.45, 7) is 0.889. The number of aromatic nitrogens is 1. The molecule has 3 rings (SSSR count). The molecule has 1 aromatic heterocycles. The molecule has 26 heavy (non-hydrogen) atoms. The molecule has 0 amide bonds. The van der Waals surface area contributed by atoms with Gasteiger partial charge in [0.2, 0.25) is 5.88 Å². The van der Waals surface area contributed by atoms with E-state index in [0.717, 1.165) is 31.5 Å². The van der Waals surface area contributed by atoms with E-state index < -0.39 is 18.0 Å². The quantitative estimate of drug-likeness (QED) is 0.600. The van der Waals surface area contributed by atoms with Gasteiger partial charge in [-0.15, -0.1) is 6.42 Å². The van der Waals surface area contributed by atoms with Crippen molar-refractivity contribution >= 4 is 11.9 Å². The normalized spacial score (nSPS) is 22.7. The Morgan fingerprint density at radius 2 is 2.00 bits per heavy atom. The van der Waals surface area contributed by atoms with E-state index in [-0.39, 0.29) is 11.9 Å². The molecule has 0 saturated carbocycles. The number of hydrogen-bond acceptors (Lipinski definition) is 7. The Morgan fingerprint density at radius 1 is 1.31 bits per heavy atom. The molecule has 7 heteroatoms. The molecule has 2 aliphatic rings. The molecule has 1 aromatic rings. The first-order valence-electron chi connectivity index (χ1n) is 8.39. The number of rotatable bonds is 3. The number of pyridine rings is 1. The van der Waals surface area contributed by atoms with Crippen LogP contribution in [0.2, 0.25) is 0 Å². The van der Waals surface area contributed by atoms with Crippen molar-refractivity contribution in [3.63, 3.8) is 0 Å². The maximum Gasteiger partial charge on any atom is 0.337 e. The molecule has 1 saturated heterocycles. The van der Waals surface area contributed by atoms with Gasteiger partial charge in [-0.05, 0) is 40.5 Å². The smallest absolute Gasteiger partial charge is 0.337 e. The van der Waals surface area contributed by atoms with Crippen LogP contribution in [0, 0.1) is 12.3 Å². The second-order valence-electron chi connectivity index (χ2n) is 6.61. The summed E-state index contributed by atoms with van der Waals surface area (Å²) in [7, 11) is 5.65. The summed E-state index contributed by atoms with van der Waals surface area (Å²) < 4.78 is 11.0. The molecule has 2 unspecified atom stereocenters. The minimum atomic E-state index is -0.668. The Kier molecular flexibility index (Phi) is 5.07. The van der Waals surface area contributed by atoms with Gasteiger partial charge in [0.15, 0.2) is 0 Å². The molecule has 1 fully saturated rings. The Bertz CT molecular complexity index is 810. The summed E-state index contributed by atoms with van der Waals surface area (Å²) in [6, 6.07) is -0.517. The Morgan fingerprint density at radius 3 is 2.58 bits per heavy atom. The first kappa shape index (κ1) is 18.1. The maximum absolute atomic E-state index is 12.2. The maximum atomic E-state index is 12.2. The van der Waals surface area contributed by atoms with Crippen molar-refractivity contribution < 1.29 is 19.1 Å². The van der Waals surface area contributed by atoms with Gasteiger partial charge in [0.25, 0.3) is 0 Å². The SMILES string of the molecule is C#CC(c1cnc2c(C3CCCN3C)c1OC(=O)/C=C/C(=O)O2)N(C)C. The lowest BCUT2D eigenvalue weighted by atomic mass is 9.98. The zero-order chi connectivity index (χ0) is 18.8. The van der Waals surface area contributed by atoms with Crippen LogP contribution in [-0.4, -0.2) is 54.4 Å². The summed E-state index contributed by atoms with van der Waals surface area (Å²) >= 11 is 0. The average molecular weight is 355 g/mol. The number of esters is 2. The molecule has 7 nitrogen and oxygen atoms in total. The summed E-state index contributed by atoms with van der Waals surface area (Å²) in [5.74, 6) is 1.86. The molecule has 2 bridgehead atoms. The largest absolute Gasteiger partial charge is 0.422 e. The second kappa shape index (κ2) is 7.28. The minimum Gasteiger partial charge on any atom is -0.422 e. The number of nitrogens with zero attached hydrogens (tertiary/aromatic N) is 3. The highest BCUT2D eigenvalue weighted by molar-refractivity contribution is 5.94. The first-order chi connectivity index (χ1) is 12.4. The molecular weight excluding hydrogens is 334 g/mol. The van der Waals surface area contributed by atoms with Crippen molar-refractivity contribution in [3.8, 4) is 24.0 Å². The lowest BCUT2D eigenvalue weighted by Crippen LogP contribution is -2.24. The number of carbonyl (C=O) groups excluding carboxylic acids is 2. The van der Waals surface area contributed by atoms with Crippen LogP contribution >= 0.6 is 0 Å². The molecular formula is C19H21N3O4. The van der Waals surface area contributed by atoms with Gasteiger partial charge in [0, 0.05) is 30.0 Å². The van der Waals surface area contributed by atoms with Crippen LogP contribution in [0.5, 0.6) is 11.6 Å². The predicted octanol–water partition coefficient (Wildman–Crippen LogP) is 1.46. The van der Waals surface area contributed by atoms with Crippen molar-refractivity contribution in [3.05, 3.63) is 29.5 Å². The van der Waals surface area contributed by atoms with E-state index in [1.165, 1.54) is 6.20 Å². The van der Waals surface area contributed by atoms with Crippen molar-refractivity contribution in [1.29, 1.82) is 0 Å². The summed E-state index contributed by atoms with van der Waals surface area (Å²) in [5, 5.41) is 0. The van der Waals surface area contributed by atoms with Crippen LogP contribution in [0.15, 0.2) is 18.3 Å².